The van der Waals surface area contributed by atoms with Gasteiger partial charge in [-0.05, 0) is 75.8 Å². The number of hydrogen-bond donors (Lipinski definition) is 0. The van der Waals surface area contributed by atoms with Gasteiger partial charge in [-0.1, -0.05) is 140 Å². The van der Waals surface area contributed by atoms with Gasteiger partial charge in [-0.15, -0.1) is 11.3 Å². The molecule has 234 valence electrons. The van der Waals surface area contributed by atoms with E-state index < -0.39 is 0 Å². The topological polar surface area (TPSA) is 17.8 Å². The lowest BCUT2D eigenvalue weighted by atomic mass is 9.97. The molecular weight excluding hydrogens is 625 g/mol. The van der Waals surface area contributed by atoms with Gasteiger partial charge in [0.25, 0.3) is 0 Å². The van der Waals surface area contributed by atoms with E-state index in [1.165, 1.54) is 58.8 Å². The summed E-state index contributed by atoms with van der Waals surface area (Å²) < 4.78 is 4.99. The minimum atomic E-state index is 0.905. The lowest BCUT2D eigenvalue weighted by molar-refractivity contribution is 1.08. The third kappa shape index (κ3) is 4.74. The fourth-order valence-electron chi connectivity index (χ4n) is 7.42. The van der Waals surface area contributed by atoms with Gasteiger partial charge >= 0.3 is 0 Å². The number of thiophene rings is 1. The molecule has 0 unspecified atom stereocenters. The Bertz CT molecular complexity index is 2810. The maximum atomic E-state index is 5.30. The van der Waals surface area contributed by atoms with Gasteiger partial charge in [0.15, 0.2) is 0 Å². The Labute approximate surface area is 294 Å². The van der Waals surface area contributed by atoms with Crippen molar-refractivity contribution in [2.45, 2.75) is 0 Å². The van der Waals surface area contributed by atoms with Gasteiger partial charge in [-0.25, -0.2) is 4.98 Å². The highest BCUT2D eigenvalue weighted by Gasteiger charge is 2.17. The van der Waals surface area contributed by atoms with Crippen molar-refractivity contribution in [1.29, 1.82) is 0 Å². The first kappa shape index (κ1) is 28.7. The monoisotopic (exact) mass is 654 g/mol. The van der Waals surface area contributed by atoms with E-state index >= 15 is 0 Å². The normalized spacial score (nSPS) is 11.6. The Morgan fingerprint density at radius 3 is 1.88 bits per heavy atom. The molecule has 0 aliphatic carbocycles. The van der Waals surface area contributed by atoms with Crippen molar-refractivity contribution in [3.05, 3.63) is 182 Å². The molecule has 0 fully saturated rings. The number of aromatic nitrogens is 2. The lowest BCUT2D eigenvalue weighted by Gasteiger charge is -2.13. The molecule has 0 saturated carbocycles. The van der Waals surface area contributed by atoms with Crippen LogP contribution in [0.25, 0.3) is 92.4 Å². The summed E-state index contributed by atoms with van der Waals surface area (Å²) in [5.41, 5.74) is 11.6. The number of para-hydroxylation sites is 1. The standard InChI is InChI=1S/C47H30N2S/c1-3-13-31(14-4-1)36-29-42(32-15-5-2-6-16-32)48-46(30-36)49-43-23-9-7-19-38(43)41-28-34(25-26-44(41)49)33-17-11-18-35(27-33)37-21-12-22-40-39-20-8-10-24-45(39)50-47(37)40/h1-30H. The quantitative estimate of drug-likeness (QED) is 0.181. The molecule has 3 heterocycles. The van der Waals surface area contributed by atoms with Gasteiger partial charge in [0.1, 0.15) is 5.82 Å². The van der Waals surface area contributed by atoms with Crippen LogP contribution in [0.4, 0.5) is 0 Å². The van der Waals surface area contributed by atoms with E-state index in [1.54, 1.807) is 0 Å². The lowest BCUT2D eigenvalue weighted by Crippen LogP contribution is -2.00. The Kier molecular flexibility index (Phi) is 6.71. The fraction of sp³-hybridized carbons (Fsp3) is 0. The minimum absolute atomic E-state index is 0.905. The molecule has 10 rings (SSSR count). The second-order valence-corrected chi connectivity index (χ2v) is 13.8. The summed E-state index contributed by atoms with van der Waals surface area (Å²) in [4.78, 5) is 5.30. The second kappa shape index (κ2) is 11.7. The van der Waals surface area contributed by atoms with E-state index in [4.69, 9.17) is 4.98 Å². The first-order valence-corrected chi connectivity index (χ1v) is 17.8. The van der Waals surface area contributed by atoms with Crippen LogP contribution in [0.5, 0.6) is 0 Å². The highest BCUT2D eigenvalue weighted by molar-refractivity contribution is 7.26. The van der Waals surface area contributed by atoms with Crippen molar-refractivity contribution in [3.8, 4) is 50.5 Å². The van der Waals surface area contributed by atoms with Gasteiger partial charge in [-0.2, -0.15) is 0 Å². The Morgan fingerprint density at radius 2 is 1.02 bits per heavy atom. The van der Waals surface area contributed by atoms with Crippen molar-refractivity contribution in [2.75, 3.05) is 0 Å². The average Bonchev–Trinajstić information content (AvgIpc) is 3.74. The maximum absolute atomic E-state index is 5.30. The van der Waals surface area contributed by atoms with Gasteiger partial charge < -0.3 is 0 Å². The molecule has 0 radical (unpaired) electrons. The Hall–Kier alpha value is -6.29. The molecule has 2 nitrogen and oxygen atoms in total. The molecule has 50 heavy (non-hydrogen) atoms. The third-order valence-corrected chi connectivity index (χ3v) is 11.0. The smallest absolute Gasteiger partial charge is 0.138 e. The van der Waals surface area contributed by atoms with Crippen LogP contribution in [0.2, 0.25) is 0 Å². The zero-order valence-corrected chi connectivity index (χ0v) is 27.9. The van der Waals surface area contributed by atoms with E-state index in [0.29, 0.717) is 0 Å². The largest absolute Gasteiger partial charge is 0.294 e. The predicted octanol–water partition coefficient (Wildman–Crippen LogP) is 13.2. The van der Waals surface area contributed by atoms with Gasteiger partial charge in [0.2, 0.25) is 0 Å². The highest BCUT2D eigenvalue weighted by Crippen LogP contribution is 2.41. The number of rotatable bonds is 5. The molecule has 0 aliphatic rings. The zero-order chi connectivity index (χ0) is 33.0. The van der Waals surface area contributed by atoms with Crippen LogP contribution >= 0.6 is 11.3 Å². The number of benzene rings is 7. The molecule has 0 saturated heterocycles. The van der Waals surface area contributed by atoms with E-state index in [1.807, 2.05) is 11.3 Å². The first-order chi connectivity index (χ1) is 24.8. The van der Waals surface area contributed by atoms with Crippen LogP contribution in [0, 0.1) is 0 Å². The van der Waals surface area contributed by atoms with Crippen molar-refractivity contribution >= 4 is 53.3 Å². The number of hydrogen-bond acceptors (Lipinski definition) is 2. The SMILES string of the molecule is c1ccc(-c2cc(-c3ccccc3)nc(-n3c4ccccc4c4cc(-c5cccc(-c6cccc7c6sc6ccccc67)c5)ccc43)c2)cc1. The highest BCUT2D eigenvalue weighted by atomic mass is 32.1. The summed E-state index contributed by atoms with van der Waals surface area (Å²) in [7, 11) is 0. The number of pyridine rings is 1. The molecule has 3 aromatic heterocycles. The van der Waals surface area contributed by atoms with E-state index in [-0.39, 0.29) is 0 Å². The zero-order valence-electron chi connectivity index (χ0n) is 27.1. The first-order valence-electron chi connectivity index (χ1n) is 17.0. The van der Waals surface area contributed by atoms with Gasteiger partial charge in [0.05, 0.1) is 16.7 Å². The van der Waals surface area contributed by atoms with Crippen LogP contribution < -0.4 is 0 Å². The molecule has 10 aromatic rings. The van der Waals surface area contributed by atoms with E-state index in [2.05, 4.69) is 187 Å². The van der Waals surface area contributed by atoms with Gasteiger partial charge in [-0.3, -0.25) is 4.57 Å². The maximum Gasteiger partial charge on any atom is 0.138 e. The van der Waals surface area contributed by atoms with Crippen molar-refractivity contribution in [1.82, 2.24) is 9.55 Å². The second-order valence-electron chi connectivity index (χ2n) is 12.8. The molecule has 0 N–H and O–H groups in total. The van der Waals surface area contributed by atoms with Crippen LogP contribution in [0.3, 0.4) is 0 Å². The molecule has 0 bridgehead atoms. The molecular formula is C47H30N2S. The van der Waals surface area contributed by atoms with E-state index in [9.17, 15) is 0 Å². The Morgan fingerprint density at radius 1 is 0.380 bits per heavy atom. The minimum Gasteiger partial charge on any atom is -0.294 e. The summed E-state index contributed by atoms with van der Waals surface area (Å²) in [6.07, 6.45) is 0. The fourth-order valence-corrected chi connectivity index (χ4v) is 8.66. The van der Waals surface area contributed by atoms with E-state index in [0.717, 1.165) is 33.7 Å². The van der Waals surface area contributed by atoms with Crippen molar-refractivity contribution in [2.24, 2.45) is 0 Å². The molecule has 7 aromatic carbocycles. The summed E-state index contributed by atoms with van der Waals surface area (Å²) in [5.74, 6) is 0.905. The predicted molar refractivity (Wildman–Crippen MR) is 213 cm³/mol. The summed E-state index contributed by atoms with van der Waals surface area (Å²) >= 11 is 1.88. The third-order valence-electron chi connectivity index (χ3n) is 9.80. The molecule has 0 aliphatic heterocycles. The summed E-state index contributed by atoms with van der Waals surface area (Å²) in [6.45, 7) is 0. The summed E-state index contributed by atoms with van der Waals surface area (Å²) in [6, 6.07) is 65.5. The van der Waals surface area contributed by atoms with Crippen LogP contribution in [0.1, 0.15) is 0 Å². The van der Waals surface area contributed by atoms with Crippen molar-refractivity contribution in [3.63, 3.8) is 0 Å². The number of nitrogens with zero attached hydrogens (tertiary/aromatic N) is 2. The van der Waals surface area contributed by atoms with Crippen molar-refractivity contribution < 1.29 is 0 Å². The van der Waals surface area contributed by atoms with Crippen LogP contribution in [-0.4, -0.2) is 9.55 Å². The summed E-state index contributed by atoms with van der Waals surface area (Å²) in [5, 5.41) is 5.07. The molecule has 0 amide bonds. The molecule has 0 spiro atoms. The average molecular weight is 655 g/mol. The van der Waals surface area contributed by atoms with Gasteiger partial charge in [0, 0.05) is 36.5 Å². The van der Waals surface area contributed by atoms with Crippen LogP contribution in [0.15, 0.2) is 182 Å². The number of fused-ring (bicyclic) bond motifs is 6. The van der Waals surface area contributed by atoms with Crippen LogP contribution in [-0.2, 0) is 0 Å². The molecule has 3 heteroatoms. The Balaban J connectivity index is 1.14. The molecule has 0 atom stereocenters.